The number of carbonyl (C=O) groups is 1. The highest BCUT2D eigenvalue weighted by molar-refractivity contribution is 7.18. The molecule has 0 unspecified atom stereocenters. The van der Waals surface area contributed by atoms with Crippen LogP contribution in [0.15, 0.2) is 58.3 Å². The zero-order valence-electron chi connectivity index (χ0n) is 15.6. The number of aryl methyl sites for hydroxylation is 1. The number of hydrogen-bond donors (Lipinski definition) is 0. The molecule has 5 nitrogen and oxygen atoms in total. The van der Waals surface area contributed by atoms with Crippen molar-refractivity contribution in [3.8, 4) is 10.4 Å². The van der Waals surface area contributed by atoms with E-state index in [1.807, 2.05) is 54.1 Å². The SMILES string of the molecule is Cc1ccc(CN(C)C(=O)Cn2cnc3scc(-c4cccs4)c3c2=O)cc1. The van der Waals surface area contributed by atoms with Gasteiger partial charge >= 0.3 is 0 Å². The molecule has 3 heterocycles. The largest absolute Gasteiger partial charge is 0.340 e. The summed E-state index contributed by atoms with van der Waals surface area (Å²) in [6, 6.07) is 12.0. The molecule has 0 saturated heterocycles. The van der Waals surface area contributed by atoms with E-state index in [9.17, 15) is 9.59 Å². The summed E-state index contributed by atoms with van der Waals surface area (Å²) in [7, 11) is 1.75. The maximum atomic E-state index is 13.0. The van der Waals surface area contributed by atoms with Crippen LogP contribution in [0.5, 0.6) is 0 Å². The van der Waals surface area contributed by atoms with Crippen LogP contribution >= 0.6 is 22.7 Å². The Labute approximate surface area is 170 Å². The molecule has 0 fully saturated rings. The molecule has 0 atom stereocenters. The molecule has 0 saturated carbocycles. The van der Waals surface area contributed by atoms with Crippen molar-refractivity contribution in [2.24, 2.45) is 0 Å². The number of rotatable bonds is 5. The van der Waals surface area contributed by atoms with Crippen molar-refractivity contribution in [2.75, 3.05) is 7.05 Å². The second-order valence-electron chi connectivity index (χ2n) is 6.72. The van der Waals surface area contributed by atoms with E-state index in [-0.39, 0.29) is 18.0 Å². The first-order valence-electron chi connectivity index (χ1n) is 8.83. The molecule has 4 aromatic rings. The Morgan fingerprint density at radius 3 is 2.68 bits per heavy atom. The smallest absolute Gasteiger partial charge is 0.263 e. The van der Waals surface area contributed by atoms with E-state index in [1.165, 1.54) is 27.8 Å². The fraction of sp³-hybridized carbons (Fsp3) is 0.190. The maximum absolute atomic E-state index is 13.0. The first-order valence-corrected chi connectivity index (χ1v) is 10.6. The zero-order valence-corrected chi connectivity index (χ0v) is 17.2. The molecule has 0 aliphatic heterocycles. The number of aromatic nitrogens is 2. The Balaban J connectivity index is 1.58. The summed E-state index contributed by atoms with van der Waals surface area (Å²) < 4.78 is 1.40. The molecule has 1 amide bonds. The number of benzene rings is 1. The van der Waals surface area contributed by atoms with Crippen molar-refractivity contribution >= 4 is 38.8 Å². The maximum Gasteiger partial charge on any atom is 0.263 e. The number of fused-ring (bicyclic) bond motifs is 1. The predicted molar refractivity (Wildman–Crippen MR) is 115 cm³/mol. The summed E-state index contributed by atoms with van der Waals surface area (Å²) in [6.45, 7) is 2.51. The summed E-state index contributed by atoms with van der Waals surface area (Å²) in [6.07, 6.45) is 1.47. The van der Waals surface area contributed by atoms with Crippen LogP contribution in [0.2, 0.25) is 0 Å². The third-order valence-corrected chi connectivity index (χ3v) is 6.41. The first-order chi connectivity index (χ1) is 13.5. The standard InChI is InChI=1S/C21H19N3O2S2/c1-14-5-7-15(8-6-14)10-23(2)18(25)11-24-13-22-20-19(21(24)26)16(12-28-20)17-4-3-9-27-17/h3-9,12-13H,10-11H2,1-2H3. The number of nitrogens with zero attached hydrogens (tertiary/aromatic N) is 3. The van der Waals surface area contributed by atoms with Crippen molar-refractivity contribution in [1.29, 1.82) is 0 Å². The summed E-state index contributed by atoms with van der Waals surface area (Å²) in [4.78, 5) is 33.5. The van der Waals surface area contributed by atoms with Gasteiger partial charge in [0.1, 0.15) is 11.4 Å². The molecule has 7 heteroatoms. The molecule has 0 radical (unpaired) electrons. The van der Waals surface area contributed by atoms with E-state index in [4.69, 9.17) is 0 Å². The minimum absolute atomic E-state index is 0.0239. The summed E-state index contributed by atoms with van der Waals surface area (Å²) in [5.74, 6) is -0.128. The molecule has 0 bridgehead atoms. The first kappa shape index (κ1) is 18.6. The topological polar surface area (TPSA) is 55.2 Å². The van der Waals surface area contributed by atoms with Crippen LogP contribution in [0.4, 0.5) is 0 Å². The lowest BCUT2D eigenvalue weighted by atomic mass is 10.1. The molecule has 28 heavy (non-hydrogen) atoms. The van der Waals surface area contributed by atoms with Crippen molar-refractivity contribution in [3.05, 3.63) is 75.0 Å². The van der Waals surface area contributed by atoms with Crippen LogP contribution in [-0.2, 0) is 17.9 Å². The minimum atomic E-state index is -0.174. The molecule has 0 spiro atoms. The number of amides is 1. The lowest BCUT2D eigenvalue weighted by molar-refractivity contribution is -0.131. The van der Waals surface area contributed by atoms with Gasteiger partial charge in [0.2, 0.25) is 5.91 Å². The van der Waals surface area contributed by atoms with Crippen LogP contribution in [0.1, 0.15) is 11.1 Å². The van der Waals surface area contributed by atoms with E-state index in [0.717, 1.165) is 16.0 Å². The van der Waals surface area contributed by atoms with Crippen LogP contribution in [-0.4, -0.2) is 27.4 Å². The molecule has 0 aliphatic rings. The number of carbonyl (C=O) groups excluding carboxylic acids is 1. The number of thiophene rings is 2. The van der Waals surface area contributed by atoms with E-state index in [2.05, 4.69) is 4.98 Å². The fourth-order valence-electron chi connectivity index (χ4n) is 3.02. The average Bonchev–Trinajstić information content (AvgIpc) is 3.35. The quantitative estimate of drug-likeness (QED) is 0.497. The van der Waals surface area contributed by atoms with Gasteiger partial charge in [0.25, 0.3) is 5.56 Å². The second kappa shape index (κ2) is 7.69. The van der Waals surface area contributed by atoms with Crippen molar-refractivity contribution < 1.29 is 4.79 Å². The molecular weight excluding hydrogens is 390 g/mol. The molecule has 4 rings (SSSR count). The van der Waals surface area contributed by atoms with E-state index < -0.39 is 0 Å². The van der Waals surface area contributed by atoms with Gasteiger partial charge in [0, 0.05) is 29.4 Å². The third-order valence-electron chi connectivity index (χ3n) is 4.62. The van der Waals surface area contributed by atoms with Crippen LogP contribution in [0, 0.1) is 6.92 Å². The van der Waals surface area contributed by atoms with Crippen molar-refractivity contribution in [2.45, 2.75) is 20.0 Å². The Hall–Kier alpha value is -2.77. The summed E-state index contributed by atoms with van der Waals surface area (Å²) in [5.41, 5.74) is 2.95. The highest BCUT2D eigenvalue weighted by Gasteiger charge is 2.16. The lowest BCUT2D eigenvalue weighted by Gasteiger charge is -2.18. The Bertz CT molecular complexity index is 1170. The summed E-state index contributed by atoms with van der Waals surface area (Å²) in [5, 5.41) is 4.53. The van der Waals surface area contributed by atoms with E-state index in [0.29, 0.717) is 16.8 Å². The number of hydrogen-bond acceptors (Lipinski definition) is 5. The average molecular weight is 410 g/mol. The molecular formula is C21H19N3O2S2. The molecule has 3 aromatic heterocycles. The molecule has 0 N–H and O–H groups in total. The van der Waals surface area contributed by atoms with Gasteiger partial charge in [0.05, 0.1) is 11.7 Å². The second-order valence-corrected chi connectivity index (χ2v) is 8.53. The van der Waals surface area contributed by atoms with Crippen LogP contribution in [0.25, 0.3) is 20.7 Å². The Morgan fingerprint density at radius 1 is 1.18 bits per heavy atom. The summed E-state index contributed by atoms with van der Waals surface area (Å²) >= 11 is 3.04. The third kappa shape index (κ3) is 3.63. The van der Waals surface area contributed by atoms with Crippen molar-refractivity contribution in [1.82, 2.24) is 14.5 Å². The lowest BCUT2D eigenvalue weighted by Crippen LogP contribution is -2.33. The van der Waals surface area contributed by atoms with Gasteiger partial charge < -0.3 is 4.90 Å². The monoisotopic (exact) mass is 409 g/mol. The Morgan fingerprint density at radius 2 is 1.96 bits per heavy atom. The molecule has 1 aromatic carbocycles. The minimum Gasteiger partial charge on any atom is -0.340 e. The number of likely N-dealkylation sites (N-methyl/N-ethyl adjacent to an activating group) is 1. The van der Waals surface area contributed by atoms with Gasteiger partial charge in [-0.25, -0.2) is 4.98 Å². The molecule has 142 valence electrons. The van der Waals surface area contributed by atoms with Gasteiger partial charge in [-0.1, -0.05) is 35.9 Å². The van der Waals surface area contributed by atoms with Crippen LogP contribution < -0.4 is 5.56 Å². The normalized spacial score (nSPS) is 11.1. The van der Waals surface area contributed by atoms with E-state index >= 15 is 0 Å². The van der Waals surface area contributed by atoms with E-state index in [1.54, 1.807) is 23.3 Å². The zero-order chi connectivity index (χ0) is 19.7. The molecule has 0 aliphatic carbocycles. The fourth-order valence-corrected chi connectivity index (χ4v) is 4.74. The predicted octanol–water partition coefficient (Wildman–Crippen LogP) is 4.15. The highest BCUT2D eigenvalue weighted by atomic mass is 32.1. The van der Waals surface area contributed by atoms with Gasteiger partial charge in [-0.15, -0.1) is 22.7 Å². The highest BCUT2D eigenvalue weighted by Crippen LogP contribution is 2.33. The van der Waals surface area contributed by atoms with Gasteiger partial charge in [-0.3, -0.25) is 14.2 Å². The Kier molecular flexibility index (Phi) is 5.11. The van der Waals surface area contributed by atoms with Gasteiger partial charge in [0.15, 0.2) is 0 Å². The van der Waals surface area contributed by atoms with Gasteiger partial charge in [-0.05, 0) is 23.9 Å². The van der Waals surface area contributed by atoms with Crippen LogP contribution in [0.3, 0.4) is 0 Å². The van der Waals surface area contributed by atoms with Gasteiger partial charge in [-0.2, -0.15) is 0 Å². The van der Waals surface area contributed by atoms with Crippen molar-refractivity contribution in [3.63, 3.8) is 0 Å².